The molecule has 4 aliphatic heterocycles. The van der Waals surface area contributed by atoms with E-state index in [1.54, 1.807) is 11.1 Å². The molecule has 38 heavy (non-hydrogen) atoms. The number of ether oxygens (including phenoxy) is 1. The van der Waals surface area contributed by atoms with Crippen LogP contribution in [-0.4, -0.2) is 52.7 Å². The van der Waals surface area contributed by atoms with E-state index in [-0.39, 0.29) is 0 Å². The normalized spacial score (nSPS) is 48.3. The van der Waals surface area contributed by atoms with Crippen LogP contribution in [0, 0.1) is 47.3 Å². The van der Waals surface area contributed by atoms with Crippen LogP contribution in [0.2, 0.25) is 0 Å². The van der Waals surface area contributed by atoms with Gasteiger partial charge in [0.15, 0.2) is 0 Å². The van der Waals surface area contributed by atoms with E-state index in [9.17, 15) is 0 Å². The minimum atomic E-state index is 0.407. The number of fused-ring (bicyclic) bond motifs is 7. The molecule has 3 nitrogen and oxygen atoms in total. The Morgan fingerprint density at radius 3 is 2.63 bits per heavy atom. The summed E-state index contributed by atoms with van der Waals surface area (Å²) in [5.74, 6) is 5.47. The molecule has 7 rings (SSSR count). The molecule has 7 aliphatic rings. The molecule has 13 unspecified atom stereocenters. The summed E-state index contributed by atoms with van der Waals surface area (Å²) in [6.07, 6.45) is 22.5. The number of rotatable bonds is 6. The lowest BCUT2D eigenvalue weighted by Crippen LogP contribution is -2.52. The number of likely N-dealkylation sites (tertiary alicyclic amines) is 1. The van der Waals surface area contributed by atoms with Crippen LogP contribution in [0.1, 0.15) is 92.9 Å². The van der Waals surface area contributed by atoms with Crippen molar-refractivity contribution in [1.82, 2.24) is 9.80 Å². The van der Waals surface area contributed by atoms with Crippen LogP contribution in [-0.2, 0) is 4.74 Å². The van der Waals surface area contributed by atoms with Crippen molar-refractivity contribution in [3.8, 4) is 0 Å². The lowest BCUT2D eigenvalue weighted by molar-refractivity contribution is -0.0399. The van der Waals surface area contributed by atoms with Gasteiger partial charge in [0.1, 0.15) is 0 Å². The molecule has 4 heterocycles. The Hall–Kier alpha value is -1.06. The quantitative estimate of drug-likeness (QED) is 0.340. The van der Waals surface area contributed by atoms with Crippen molar-refractivity contribution in [3.05, 3.63) is 35.6 Å². The van der Waals surface area contributed by atoms with Gasteiger partial charge in [-0.25, -0.2) is 0 Å². The van der Waals surface area contributed by atoms with Crippen molar-refractivity contribution in [2.24, 2.45) is 47.3 Å². The standard InChI is InChI=1S/C35H54N2O/c1-7-10-21(4)29-16-13-22(5)37(29)33-23(6)31(33)28-19-36-18-17-24(20(2)3)34(36)32-26(28)14-15-27-25-11-8-9-12-30(25)38-35(27)32/h14-15,17,19-23,25-27,29-35H,7-13,16,18H2,1-6H3. The summed E-state index contributed by atoms with van der Waals surface area (Å²) < 4.78 is 7.13. The van der Waals surface area contributed by atoms with Crippen molar-refractivity contribution in [2.45, 2.75) is 129 Å². The van der Waals surface area contributed by atoms with E-state index in [1.165, 1.54) is 51.4 Å². The molecule has 3 heteroatoms. The fourth-order valence-electron chi connectivity index (χ4n) is 10.7. The molecule has 3 aliphatic carbocycles. The maximum Gasteiger partial charge on any atom is 0.0704 e. The predicted octanol–water partition coefficient (Wildman–Crippen LogP) is 7.45. The van der Waals surface area contributed by atoms with Crippen LogP contribution in [0.3, 0.4) is 0 Å². The van der Waals surface area contributed by atoms with Crippen LogP contribution in [0.4, 0.5) is 0 Å². The maximum atomic E-state index is 7.13. The minimum Gasteiger partial charge on any atom is -0.374 e. The highest BCUT2D eigenvalue weighted by Crippen LogP contribution is 2.60. The molecule has 4 fully saturated rings. The Morgan fingerprint density at radius 2 is 1.84 bits per heavy atom. The molecule has 0 aromatic carbocycles. The molecule has 0 radical (unpaired) electrons. The van der Waals surface area contributed by atoms with Gasteiger partial charge in [0.2, 0.25) is 0 Å². The molecular weight excluding hydrogens is 464 g/mol. The third-order valence-corrected chi connectivity index (χ3v) is 12.5. The average Bonchev–Trinajstić information content (AvgIpc) is 3.28. The second-order valence-corrected chi connectivity index (χ2v) is 14.9. The zero-order chi connectivity index (χ0) is 26.3. The fraction of sp³-hybridized carbons (Fsp3) is 0.829. The van der Waals surface area contributed by atoms with E-state index in [1.807, 2.05) is 0 Å². The average molecular weight is 519 g/mol. The van der Waals surface area contributed by atoms with E-state index >= 15 is 0 Å². The van der Waals surface area contributed by atoms with Gasteiger partial charge in [-0.15, -0.1) is 0 Å². The lowest BCUT2D eigenvalue weighted by atomic mass is 9.63. The molecule has 210 valence electrons. The highest BCUT2D eigenvalue weighted by molar-refractivity contribution is 5.39. The molecular formula is C35H54N2O. The Morgan fingerprint density at radius 1 is 1.03 bits per heavy atom. The lowest BCUT2D eigenvalue weighted by Gasteiger charge is -2.49. The Balaban J connectivity index is 1.22. The summed E-state index contributed by atoms with van der Waals surface area (Å²) in [6, 6.07) is 2.79. The van der Waals surface area contributed by atoms with Crippen LogP contribution in [0.5, 0.6) is 0 Å². The van der Waals surface area contributed by atoms with Crippen LogP contribution in [0.15, 0.2) is 35.6 Å². The summed E-state index contributed by atoms with van der Waals surface area (Å²) in [4.78, 5) is 5.79. The Bertz CT molecular complexity index is 996. The molecule has 0 amide bonds. The molecule has 0 bridgehead atoms. The second kappa shape index (κ2) is 9.79. The topological polar surface area (TPSA) is 15.7 Å². The summed E-state index contributed by atoms with van der Waals surface area (Å²) in [5, 5.41) is 0. The molecule has 2 saturated carbocycles. The minimum absolute atomic E-state index is 0.407. The van der Waals surface area contributed by atoms with Crippen LogP contribution in [0.25, 0.3) is 0 Å². The van der Waals surface area contributed by atoms with Crippen molar-refractivity contribution in [2.75, 3.05) is 6.54 Å². The van der Waals surface area contributed by atoms with Gasteiger partial charge in [0.05, 0.1) is 18.2 Å². The van der Waals surface area contributed by atoms with Gasteiger partial charge in [-0.2, -0.15) is 0 Å². The van der Waals surface area contributed by atoms with E-state index in [2.05, 4.69) is 75.8 Å². The van der Waals surface area contributed by atoms with Gasteiger partial charge >= 0.3 is 0 Å². The van der Waals surface area contributed by atoms with Crippen molar-refractivity contribution < 1.29 is 4.74 Å². The van der Waals surface area contributed by atoms with Gasteiger partial charge in [-0.3, -0.25) is 4.90 Å². The van der Waals surface area contributed by atoms with Gasteiger partial charge < -0.3 is 9.64 Å². The van der Waals surface area contributed by atoms with E-state index in [4.69, 9.17) is 4.74 Å². The van der Waals surface area contributed by atoms with Gasteiger partial charge in [0.25, 0.3) is 0 Å². The van der Waals surface area contributed by atoms with E-state index in [0.29, 0.717) is 47.8 Å². The highest BCUT2D eigenvalue weighted by atomic mass is 16.5. The fourth-order valence-corrected chi connectivity index (χ4v) is 10.7. The first-order valence-corrected chi connectivity index (χ1v) is 16.7. The Kier molecular flexibility index (Phi) is 6.67. The summed E-state index contributed by atoms with van der Waals surface area (Å²) in [6.45, 7) is 15.9. The molecule has 13 atom stereocenters. The third kappa shape index (κ3) is 3.87. The van der Waals surface area contributed by atoms with Gasteiger partial charge in [-0.1, -0.05) is 72.1 Å². The number of hydrogen-bond acceptors (Lipinski definition) is 3. The van der Waals surface area contributed by atoms with Crippen molar-refractivity contribution >= 4 is 0 Å². The first kappa shape index (κ1) is 25.9. The molecule has 0 aromatic heterocycles. The second-order valence-electron chi connectivity index (χ2n) is 14.9. The van der Waals surface area contributed by atoms with Crippen LogP contribution >= 0.6 is 0 Å². The number of allylic oxidation sites excluding steroid dienone is 1. The molecule has 0 spiro atoms. The third-order valence-electron chi connectivity index (χ3n) is 12.5. The monoisotopic (exact) mass is 518 g/mol. The molecule has 2 saturated heterocycles. The maximum absolute atomic E-state index is 7.13. The summed E-state index contributed by atoms with van der Waals surface area (Å²) >= 11 is 0. The first-order chi connectivity index (χ1) is 18.4. The van der Waals surface area contributed by atoms with Crippen molar-refractivity contribution in [1.29, 1.82) is 0 Å². The predicted molar refractivity (Wildman–Crippen MR) is 157 cm³/mol. The smallest absolute Gasteiger partial charge is 0.0704 e. The van der Waals surface area contributed by atoms with Crippen LogP contribution < -0.4 is 0 Å². The van der Waals surface area contributed by atoms with E-state index < -0.39 is 0 Å². The van der Waals surface area contributed by atoms with Gasteiger partial charge in [0, 0.05) is 54.5 Å². The Labute approximate surface area is 233 Å². The van der Waals surface area contributed by atoms with E-state index in [0.717, 1.165) is 42.4 Å². The summed E-state index contributed by atoms with van der Waals surface area (Å²) in [5.41, 5.74) is 3.45. The molecule has 0 aromatic rings. The summed E-state index contributed by atoms with van der Waals surface area (Å²) in [7, 11) is 0. The van der Waals surface area contributed by atoms with Gasteiger partial charge in [-0.05, 0) is 73.8 Å². The molecule has 0 N–H and O–H groups in total. The largest absolute Gasteiger partial charge is 0.374 e. The number of nitrogens with zero attached hydrogens (tertiary/aromatic N) is 2. The highest BCUT2D eigenvalue weighted by Gasteiger charge is 2.62. The number of hydrogen-bond donors (Lipinski definition) is 0. The zero-order valence-corrected chi connectivity index (χ0v) is 25.1. The van der Waals surface area contributed by atoms with Crippen molar-refractivity contribution in [3.63, 3.8) is 0 Å². The SMILES string of the molecule is CCCC(C)C1CCC(C)N1C1C(C)C1C1=CN2CC=C(C(C)C)C2C2C1C=CC1C3CCCCC3OC12. The first-order valence-electron chi connectivity index (χ1n) is 16.7. The zero-order valence-electron chi connectivity index (χ0n) is 25.1.